The van der Waals surface area contributed by atoms with E-state index < -0.39 is 11.8 Å². The van der Waals surface area contributed by atoms with Gasteiger partial charge in [-0.2, -0.15) is 0 Å². The topological polar surface area (TPSA) is 26.3 Å². The number of hydrogen-bond acceptors (Lipinski definition) is 3. The van der Waals surface area contributed by atoms with Gasteiger partial charge in [0.25, 0.3) is 0 Å². The van der Waals surface area contributed by atoms with Gasteiger partial charge in [-0.3, -0.25) is 0 Å². The number of benzene rings is 1. The number of rotatable bonds is 1. The van der Waals surface area contributed by atoms with Crippen molar-refractivity contribution in [3.63, 3.8) is 0 Å². The molecule has 0 aliphatic heterocycles. The van der Waals surface area contributed by atoms with Crippen molar-refractivity contribution in [1.82, 2.24) is 0 Å². The quantitative estimate of drug-likeness (QED) is 0.490. The van der Waals surface area contributed by atoms with Crippen LogP contribution in [0.1, 0.15) is 10.4 Å². The Balaban J connectivity index is 3.23. The third kappa shape index (κ3) is 2.34. The van der Waals surface area contributed by atoms with Gasteiger partial charge >= 0.3 is 5.97 Å². The number of esters is 1. The van der Waals surface area contributed by atoms with E-state index >= 15 is 0 Å². The first-order chi connectivity index (χ1) is 6.06. The van der Waals surface area contributed by atoms with E-state index in [-0.39, 0.29) is 4.90 Å². The molecule has 5 heteroatoms. The molecule has 0 radical (unpaired) electrons. The van der Waals surface area contributed by atoms with Crippen LogP contribution in [0.3, 0.4) is 0 Å². The van der Waals surface area contributed by atoms with Crippen LogP contribution in [0.25, 0.3) is 0 Å². The molecule has 0 unspecified atom stereocenters. The minimum Gasteiger partial charge on any atom is -0.465 e. The van der Waals surface area contributed by atoms with E-state index in [9.17, 15) is 9.18 Å². The van der Waals surface area contributed by atoms with E-state index in [0.29, 0.717) is 9.13 Å². The second-order valence-corrected chi connectivity index (χ2v) is 3.92. The van der Waals surface area contributed by atoms with Gasteiger partial charge < -0.3 is 4.74 Å². The fourth-order valence-electron chi connectivity index (χ4n) is 0.804. The molecule has 0 saturated heterocycles. The standard InChI is InChI=1S/C8H6FIO2S/c1-12-8(11)4-2-7(13)5(9)3-6(4)10/h2-3,13H,1H3. The largest absolute Gasteiger partial charge is 0.465 e. The number of thiol groups is 1. The maximum atomic E-state index is 12.9. The number of halogens is 2. The Hall–Kier alpha value is -0.300. The highest BCUT2D eigenvalue weighted by molar-refractivity contribution is 14.1. The third-order valence-corrected chi connectivity index (χ3v) is 2.68. The zero-order valence-electron chi connectivity index (χ0n) is 6.67. The second-order valence-electron chi connectivity index (χ2n) is 2.28. The van der Waals surface area contributed by atoms with E-state index in [1.54, 1.807) is 0 Å². The van der Waals surface area contributed by atoms with Crippen LogP contribution in [0.4, 0.5) is 4.39 Å². The van der Waals surface area contributed by atoms with Gasteiger partial charge in [-0.05, 0) is 34.7 Å². The summed E-state index contributed by atoms with van der Waals surface area (Å²) in [4.78, 5) is 11.3. The molecule has 0 bridgehead atoms. The minimum atomic E-state index is -0.486. The van der Waals surface area contributed by atoms with E-state index in [4.69, 9.17) is 0 Å². The Morgan fingerprint density at radius 3 is 2.77 bits per heavy atom. The molecule has 0 saturated carbocycles. The molecule has 2 nitrogen and oxygen atoms in total. The molecular weight excluding hydrogens is 306 g/mol. The zero-order chi connectivity index (χ0) is 10.0. The van der Waals surface area contributed by atoms with Gasteiger partial charge in [0.2, 0.25) is 0 Å². The highest BCUT2D eigenvalue weighted by atomic mass is 127. The zero-order valence-corrected chi connectivity index (χ0v) is 9.73. The van der Waals surface area contributed by atoms with Gasteiger partial charge in [0.05, 0.1) is 12.7 Å². The maximum absolute atomic E-state index is 12.9. The highest BCUT2D eigenvalue weighted by Crippen LogP contribution is 2.20. The van der Waals surface area contributed by atoms with E-state index in [1.807, 2.05) is 22.6 Å². The van der Waals surface area contributed by atoms with Crippen LogP contribution in [0.2, 0.25) is 0 Å². The van der Waals surface area contributed by atoms with Crippen molar-refractivity contribution in [3.05, 3.63) is 27.1 Å². The Kier molecular flexibility index (Phi) is 3.55. The molecule has 1 aromatic carbocycles. The summed E-state index contributed by atoms with van der Waals surface area (Å²) in [7, 11) is 1.28. The van der Waals surface area contributed by atoms with Gasteiger partial charge in [-0.15, -0.1) is 12.6 Å². The first-order valence-electron chi connectivity index (χ1n) is 3.32. The molecule has 70 valence electrons. The van der Waals surface area contributed by atoms with Crippen LogP contribution in [0, 0.1) is 9.39 Å². The molecule has 1 aromatic rings. The summed E-state index contributed by atoms with van der Waals surface area (Å²) in [6, 6.07) is 2.60. The number of carbonyl (C=O) groups is 1. The summed E-state index contributed by atoms with van der Waals surface area (Å²) < 4.78 is 17.9. The van der Waals surface area contributed by atoms with Gasteiger partial charge in [-0.1, -0.05) is 0 Å². The first-order valence-corrected chi connectivity index (χ1v) is 4.85. The molecule has 0 spiro atoms. The van der Waals surface area contributed by atoms with Crippen LogP contribution in [-0.4, -0.2) is 13.1 Å². The van der Waals surface area contributed by atoms with Crippen molar-refractivity contribution in [2.75, 3.05) is 7.11 Å². The molecular formula is C8H6FIO2S. The summed E-state index contributed by atoms with van der Waals surface area (Å²) in [5, 5.41) is 0. The molecule has 0 heterocycles. The van der Waals surface area contributed by atoms with Crippen LogP contribution in [0.5, 0.6) is 0 Å². The summed E-state index contributed by atoms with van der Waals surface area (Å²) in [5.74, 6) is -0.930. The molecule has 0 aromatic heterocycles. The lowest BCUT2D eigenvalue weighted by molar-refractivity contribution is 0.0599. The van der Waals surface area contributed by atoms with Gasteiger partial charge in [-0.25, -0.2) is 9.18 Å². The molecule has 0 atom stereocenters. The normalized spacial score (nSPS) is 9.85. The van der Waals surface area contributed by atoms with Crippen molar-refractivity contribution >= 4 is 41.2 Å². The second kappa shape index (κ2) is 4.28. The van der Waals surface area contributed by atoms with E-state index in [0.717, 1.165) is 0 Å². The molecule has 0 N–H and O–H groups in total. The Labute approximate surface area is 94.0 Å². The van der Waals surface area contributed by atoms with Crippen LogP contribution in [-0.2, 0) is 4.74 Å². The highest BCUT2D eigenvalue weighted by Gasteiger charge is 2.12. The summed E-state index contributed by atoms with van der Waals surface area (Å²) in [6.45, 7) is 0. The summed E-state index contributed by atoms with van der Waals surface area (Å²) >= 11 is 5.73. The van der Waals surface area contributed by atoms with Crippen molar-refractivity contribution < 1.29 is 13.9 Å². The average molecular weight is 312 g/mol. The summed E-state index contributed by atoms with van der Waals surface area (Å²) in [6.07, 6.45) is 0. The van der Waals surface area contributed by atoms with Gasteiger partial charge in [0.15, 0.2) is 0 Å². The van der Waals surface area contributed by atoms with Crippen LogP contribution >= 0.6 is 35.2 Å². The molecule has 13 heavy (non-hydrogen) atoms. The Morgan fingerprint density at radius 1 is 1.62 bits per heavy atom. The van der Waals surface area contributed by atoms with E-state index in [2.05, 4.69) is 17.4 Å². The molecule has 0 aliphatic carbocycles. The predicted octanol–water partition coefficient (Wildman–Crippen LogP) is 2.51. The molecule has 0 fully saturated rings. The maximum Gasteiger partial charge on any atom is 0.338 e. The van der Waals surface area contributed by atoms with E-state index in [1.165, 1.54) is 19.2 Å². The number of hydrogen-bond donors (Lipinski definition) is 1. The SMILES string of the molecule is COC(=O)c1cc(S)c(F)cc1I. The van der Waals surface area contributed by atoms with Crippen LogP contribution < -0.4 is 0 Å². The minimum absolute atomic E-state index is 0.140. The Bertz CT molecular complexity index is 354. The molecule has 0 amide bonds. The Morgan fingerprint density at radius 2 is 2.23 bits per heavy atom. The van der Waals surface area contributed by atoms with Crippen molar-refractivity contribution in [2.24, 2.45) is 0 Å². The van der Waals surface area contributed by atoms with Gasteiger partial charge in [0, 0.05) is 8.47 Å². The smallest absolute Gasteiger partial charge is 0.338 e. The number of methoxy groups -OCH3 is 1. The lowest BCUT2D eigenvalue weighted by atomic mass is 10.2. The number of ether oxygens (including phenoxy) is 1. The van der Waals surface area contributed by atoms with Crippen molar-refractivity contribution in [2.45, 2.75) is 4.90 Å². The lowest BCUT2D eigenvalue weighted by Crippen LogP contribution is -2.04. The lowest BCUT2D eigenvalue weighted by Gasteiger charge is -2.03. The van der Waals surface area contributed by atoms with Crippen LogP contribution in [0.15, 0.2) is 17.0 Å². The average Bonchev–Trinajstić information content (AvgIpc) is 2.10. The fourth-order valence-corrected chi connectivity index (χ4v) is 1.65. The summed E-state index contributed by atoms with van der Waals surface area (Å²) in [5.41, 5.74) is 0.328. The monoisotopic (exact) mass is 312 g/mol. The predicted molar refractivity (Wildman–Crippen MR) is 57.7 cm³/mol. The number of carbonyl (C=O) groups excluding carboxylic acids is 1. The van der Waals surface area contributed by atoms with Gasteiger partial charge in [0.1, 0.15) is 5.82 Å². The first kappa shape index (κ1) is 10.8. The van der Waals surface area contributed by atoms with Crippen molar-refractivity contribution in [3.8, 4) is 0 Å². The fraction of sp³-hybridized carbons (Fsp3) is 0.125. The third-order valence-electron chi connectivity index (χ3n) is 1.44. The van der Waals surface area contributed by atoms with Crippen molar-refractivity contribution in [1.29, 1.82) is 0 Å². The molecule has 1 rings (SSSR count). The molecule has 0 aliphatic rings.